The third kappa shape index (κ3) is 5.70. The molecule has 0 aliphatic rings. The van der Waals surface area contributed by atoms with Gasteiger partial charge in [-0.05, 0) is 24.3 Å². The molecule has 2 rings (SSSR count). The lowest BCUT2D eigenvalue weighted by Gasteiger charge is -2.21. The van der Waals surface area contributed by atoms with Crippen molar-refractivity contribution in [1.82, 2.24) is 10.4 Å². The Morgan fingerprint density at radius 1 is 1.32 bits per heavy atom. The van der Waals surface area contributed by atoms with E-state index >= 15 is 0 Å². The summed E-state index contributed by atoms with van der Waals surface area (Å²) in [6, 6.07) is 7.76. The first-order chi connectivity index (χ1) is 11.8. The van der Waals surface area contributed by atoms with Gasteiger partial charge in [0.25, 0.3) is 5.91 Å². The molecular weight excluding hydrogens is 387 g/mol. The van der Waals surface area contributed by atoms with Gasteiger partial charge in [0, 0.05) is 18.0 Å². The molecule has 132 valence electrons. The standard InChI is InChI=1S/C15H14Cl2N4O3S/c1-25(23,24)21(12-4-5-13(16)14(17)7-12)10-15(22)20-19-9-11-3-2-6-18-8-11/h2-9H,10H2,1H3,(H,20,22)/b19-9-. The molecule has 1 aromatic heterocycles. The van der Waals surface area contributed by atoms with Crippen LogP contribution in [0.25, 0.3) is 0 Å². The van der Waals surface area contributed by atoms with E-state index in [0.29, 0.717) is 5.56 Å². The SMILES string of the molecule is CS(=O)(=O)N(CC(=O)N/N=C\c1cccnc1)c1ccc(Cl)c(Cl)c1. The minimum absolute atomic E-state index is 0.183. The third-order valence-electron chi connectivity index (χ3n) is 2.97. The highest BCUT2D eigenvalue weighted by atomic mass is 35.5. The van der Waals surface area contributed by atoms with Crippen LogP contribution in [0.3, 0.4) is 0 Å². The molecule has 0 fully saturated rings. The van der Waals surface area contributed by atoms with Crippen LogP contribution in [0.15, 0.2) is 47.8 Å². The van der Waals surface area contributed by atoms with Crippen LogP contribution < -0.4 is 9.73 Å². The van der Waals surface area contributed by atoms with Crippen LogP contribution in [0.4, 0.5) is 5.69 Å². The van der Waals surface area contributed by atoms with E-state index in [1.54, 1.807) is 24.5 Å². The van der Waals surface area contributed by atoms with E-state index in [4.69, 9.17) is 23.2 Å². The summed E-state index contributed by atoms with van der Waals surface area (Å²) in [7, 11) is -3.71. The number of amides is 1. The second-order valence-corrected chi connectivity index (χ2v) is 7.67. The fourth-order valence-electron chi connectivity index (χ4n) is 1.84. The van der Waals surface area contributed by atoms with E-state index in [0.717, 1.165) is 10.6 Å². The molecule has 7 nitrogen and oxygen atoms in total. The monoisotopic (exact) mass is 400 g/mol. The van der Waals surface area contributed by atoms with Crippen LogP contribution in [0.1, 0.15) is 5.56 Å². The molecule has 0 saturated carbocycles. The second-order valence-electron chi connectivity index (χ2n) is 4.95. The number of sulfonamides is 1. The minimum atomic E-state index is -3.71. The smallest absolute Gasteiger partial charge is 0.260 e. The Bertz CT molecular complexity index is 889. The largest absolute Gasteiger partial charge is 0.271 e. The van der Waals surface area contributed by atoms with Crippen molar-refractivity contribution in [1.29, 1.82) is 0 Å². The summed E-state index contributed by atoms with van der Waals surface area (Å²) in [5.41, 5.74) is 3.18. The number of carbonyl (C=O) groups excluding carboxylic acids is 1. The van der Waals surface area contributed by atoms with Crippen molar-refractivity contribution < 1.29 is 13.2 Å². The number of aromatic nitrogens is 1. The number of anilines is 1. The van der Waals surface area contributed by atoms with Crippen molar-refractivity contribution >= 4 is 51.0 Å². The van der Waals surface area contributed by atoms with Gasteiger partial charge in [0.15, 0.2) is 0 Å². The van der Waals surface area contributed by atoms with Crippen molar-refractivity contribution in [3.63, 3.8) is 0 Å². The Labute approximate surface area is 155 Å². The summed E-state index contributed by atoms with van der Waals surface area (Å²) in [4.78, 5) is 15.9. The maximum atomic E-state index is 12.0. The molecule has 2 aromatic rings. The van der Waals surface area contributed by atoms with Gasteiger partial charge in [0.05, 0.1) is 28.2 Å². The van der Waals surface area contributed by atoms with E-state index in [-0.39, 0.29) is 15.7 Å². The van der Waals surface area contributed by atoms with Crippen LogP contribution >= 0.6 is 23.2 Å². The topological polar surface area (TPSA) is 91.7 Å². The second kappa shape index (κ2) is 8.28. The average Bonchev–Trinajstić information content (AvgIpc) is 2.55. The Morgan fingerprint density at radius 3 is 2.68 bits per heavy atom. The third-order valence-corrected chi connectivity index (χ3v) is 4.85. The number of nitrogens with zero attached hydrogens (tertiary/aromatic N) is 3. The average molecular weight is 401 g/mol. The molecular formula is C15H14Cl2N4O3S. The lowest BCUT2D eigenvalue weighted by Crippen LogP contribution is -2.39. The Kier molecular flexibility index (Phi) is 6.35. The number of pyridine rings is 1. The normalized spacial score (nSPS) is 11.5. The molecule has 1 amide bonds. The Balaban J connectivity index is 2.10. The summed E-state index contributed by atoms with van der Waals surface area (Å²) in [5.74, 6) is -0.614. The minimum Gasteiger partial charge on any atom is -0.271 e. The fraction of sp³-hybridized carbons (Fsp3) is 0.133. The summed E-state index contributed by atoms with van der Waals surface area (Å²) >= 11 is 11.7. The molecule has 1 N–H and O–H groups in total. The zero-order valence-electron chi connectivity index (χ0n) is 13.1. The number of nitrogens with one attached hydrogen (secondary N) is 1. The highest BCUT2D eigenvalue weighted by molar-refractivity contribution is 7.92. The molecule has 0 atom stereocenters. The van der Waals surface area contributed by atoms with Gasteiger partial charge in [-0.3, -0.25) is 14.1 Å². The zero-order chi connectivity index (χ0) is 18.4. The van der Waals surface area contributed by atoms with E-state index < -0.39 is 22.5 Å². The molecule has 0 radical (unpaired) electrons. The summed E-state index contributed by atoms with van der Waals surface area (Å²) < 4.78 is 24.9. The fourth-order valence-corrected chi connectivity index (χ4v) is 2.98. The van der Waals surface area contributed by atoms with E-state index in [1.165, 1.54) is 24.4 Å². The van der Waals surface area contributed by atoms with Crippen LogP contribution in [0, 0.1) is 0 Å². The number of hydrazone groups is 1. The zero-order valence-corrected chi connectivity index (χ0v) is 15.4. The predicted octanol–water partition coefficient (Wildman–Crippen LogP) is 2.30. The number of rotatable bonds is 6. The summed E-state index contributed by atoms with van der Waals surface area (Å²) in [6.07, 6.45) is 5.56. The number of benzene rings is 1. The molecule has 0 aliphatic heterocycles. The maximum Gasteiger partial charge on any atom is 0.260 e. The van der Waals surface area contributed by atoms with Crippen molar-refractivity contribution in [3.05, 3.63) is 58.3 Å². The van der Waals surface area contributed by atoms with Crippen molar-refractivity contribution in [2.24, 2.45) is 5.10 Å². The van der Waals surface area contributed by atoms with Gasteiger partial charge in [0.1, 0.15) is 6.54 Å². The maximum absolute atomic E-state index is 12.0. The first-order valence-electron chi connectivity index (χ1n) is 6.92. The molecule has 0 saturated heterocycles. The summed E-state index contributed by atoms with van der Waals surface area (Å²) in [5, 5.41) is 4.23. The number of halogens is 2. The lowest BCUT2D eigenvalue weighted by atomic mass is 10.3. The van der Waals surface area contributed by atoms with Crippen molar-refractivity contribution in [2.45, 2.75) is 0 Å². The van der Waals surface area contributed by atoms with Gasteiger partial charge < -0.3 is 0 Å². The van der Waals surface area contributed by atoms with Gasteiger partial charge in [-0.2, -0.15) is 5.10 Å². The van der Waals surface area contributed by atoms with Crippen LogP contribution in [-0.4, -0.2) is 38.3 Å². The molecule has 1 aromatic carbocycles. The Morgan fingerprint density at radius 2 is 2.08 bits per heavy atom. The highest BCUT2D eigenvalue weighted by Crippen LogP contribution is 2.28. The Hall–Kier alpha value is -2.16. The van der Waals surface area contributed by atoms with E-state index in [9.17, 15) is 13.2 Å². The van der Waals surface area contributed by atoms with Crippen molar-refractivity contribution in [2.75, 3.05) is 17.1 Å². The molecule has 25 heavy (non-hydrogen) atoms. The first-order valence-corrected chi connectivity index (χ1v) is 9.52. The molecule has 0 aliphatic carbocycles. The van der Waals surface area contributed by atoms with E-state index in [2.05, 4.69) is 15.5 Å². The quantitative estimate of drug-likeness (QED) is 0.594. The summed E-state index contributed by atoms with van der Waals surface area (Å²) in [6.45, 7) is -0.457. The van der Waals surface area contributed by atoms with Gasteiger partial charge >= 0.3 is 0 Å². The van der Waals surface area contributed by atoms with Gasteiger partial charge in [-0.15, -0.1) is 0 Å². The van der Waals surface area contributed by atoms with Gasteiger partial charge in [-0.25, -0.2) is 13.8 Å². The lowest BCUT2D eigenvalue weighted by molar-refractivity contribution is -0.119. The predicted molar refractivity (Wildman–Crippen MR) is 98.6 cm³/mol. The van der Waals surface area contributed by atoms with Gasteiger partial charge in [0.2, 0.25) is 10.0 Å². The number of hydrogen-bond donors (Lipinski definition) is 1. The van der Waals surface area contributed by atoms with Gasteiger partial charge in [-0.1, -0.05) is 29.3 Å². The van der Waals surface area contributed by atoms with Crippen molar-refractivity contribution in [3.8, 4) is 0 Å². The molecule has 1 heterocycles. The number of carbonyl (C=O) groups is 1. The molecule has 10 heteroatoms. The first kappa shape index (κ1) is 19.2. The molecule has 0 bridgehead atoms. The molecule has 0 unspecified atom stereocenters. The molecule has 0 spiro atoms. The van der Waals surface area contributed by atoms with Crippen LogP contribution in [0.5, 0.6) is 0 Å². The highest BCUT2D eigenvalue weighted by Gasteiger charge is 2.21. The van der Waals surface area contributed by atoms with E-state index in [1.807, 2.05) is 0 Å². The van der Waals surface area contributed by atoms with Crippen LogP contribution in [-0.2, 0) is 14.8 Å². The van der Waals surface area contributed by atoms with Crippen LogP contribution in [0.2, 0.25) is 10.0 Å². The number of hydrogen-bond acceptors (Lipinski definition) is 5.